The molecule has 0 aliphatic rings. The highest BCUT2D eigenvalue weighted by atomic mass is 16.1. The molecule has 3 heterocycles. The molecule has 1 N–H and O–H groups in total. The number of nitrogens with zero attached hydrogens (tertiary/aromatic N) is 6. The van der Waals surface area contributed by atoms with E-state index in [0.29, 0.717) is 35.5 Å². The first-order valence-corrected chi connectivity index (χ1v) is 10.3. The molecule has 0 aliphatic heterocycles. The third-order valence-corrected chi connectivity index (χ3v) is 5.35. The predicted molar refractivity (Wildman–Crippen MR) is 121 cm³/mol. The van der Waals surface area contributed by atoms with Gasteiger partial charge in [0.1, 0.15) is 5.82 Å². The molecule has 0 bridgehead atoms. The highest BCUT2D eigenvalue weighted by molar-refractivity contribution is 6.05. The Morgan fingerprint density at radius 1 is 1.00 bits per heavy atom. The maximum Gasteiger partial charge on any atom is 0.251 e. The van der Waals surface area contributed by atoms with E-state index in [1.165, 1.54) is 0 Å². The molecule has 0 aliphatic carbocycles. The molecule has 8 nitrogen and oxygen atoms in total. The van der Waals surface area contributed by atoms with Crippen molar-refractivity contribution in [3.05, 3.63) is 89.3 Å². The summed E-state index contributed by atoms with van der Waals surface area (Å²) in [6.45, 7) is 4.79. The molecule has 158 valence electrons. The van der Waals surface area contributed by atoms with Crippen molar-refractivity contribution in [3.63, 3.8) is 0 Å². The topological polar surface area (TPSA) is 98.5 Å². The molecule has 0 saturated carbocycles. The minimum absolute atomic E-state index is 0.190. The summed E-state index contributed by atoms with van der Waals surface area (Å²) in [4.78, 5) is 25.9. The first-order chi connectivity index (χ1) is 15.6. The molecule has 2 aromatic carbocycles. The molecule has 5 aromatic rings. The molecule has 1 amide bonds. The van der Waals surface area contributed by atoms with Gasteiger partial charge in [0.2, 0.25) is 5.65 Å². The van der Waals surface area contributed by atoms with E-state index in [1.807, 2.05) is 44.2 Å². The van der Waals surface area contributed by atoms with Crippen LogP contribution < -0.4 is 5.32 Å². The number of aryl methyl sites for hydroxylation is 2. The van der Waals surface area contributed by atoms with Crippen molar-refractivity contribution in [1.82, 2.24) is 35.0 Å². The van der Waals surface area contributed by atoms with E-state index in [9.17, 15) is 4.79 Å². The van der Waals surface area contributed by atoms with Crippen LogP contribution in [0.3, 0.4) is 0 Å². The number of amides is 1. The normalized spacial score (nSPS) is 11.2. The molecular formula is C24H21N7O. The Hall–Kier alpha value is -4.20. The average Bonchev–Trinajstić information content (AvgIpc) is 3.14. The van der Waals surface area contributed by atoms with Gasteiger partial charge < -0.3 is 9.88 Å². The zero-order chi connectivity index (χ0) is 22.1. The van der Waals surface area contributed by atoms with E-state index < -0.39 is 0 Å². The number of aromatic nitrogens is 6. The van der Waals surface area contributed by atoms with Crippen LogP contribution in [0.15, 0.2) is 60.9 Å². The van der Waals surface area contributed by atoms with Gasteiger partial charge in [0, 0.05) is 23.7 Å². The zero-order valence-electron chi connectivity index (χ0n) is 17.8. The molecule has 3 aromatic heterocycles. The Morgan fingerprint density at radius 3 is 2.62 bits per heavy atom. The van der Waals surface area contributed by atoms with Crippen molar-refractivity contribution < 1.29 is 4.79 Å². The highest BCUT2D eigenvalue weighted by Gasteiger charge is 2.16. The van der Waals surface area contributed by atoms with E-state index in [4.69, 9.17) is 0 Å². The fourth-order valence-corrected chi connectivity index (χ4v) is 3.68. The van der Waals surface area contributed by atoms with Crippen molar-refractivity contribution in [2.75, 3.05) is 0 Å². The number of hydrogen-bond donors (Lipinski definition) is 1. The van der Waals surface area contributed by atoms with E-state index in [0.717, 1.165) is 28.0 Å². The summed E-state index contributed by atoms with van der Waals surface area (Å²) in [6.07, 6.45) is 3.35. The Kier molecular flexibility index (Phi) is 5.03. The molecule has 0 spiro atoms. The second kappa shape index (κ2) is 8.14. The van der Waals surface area contributed by atoms with Crippen molar-refractivity contribution in [2.24, 2.45) is 0 Å². The van der Waals surface area contributed by atoms with Gasteiger partial charge in [-0.25, -0.2) is 4.98 Å². The van der Waals surface area contributed by atoms with Gasteiger partial charge >= 0.3 is 0 Å². The van der Waals surface area contributed by atoms with Crippen molar-refractivity contribution >= 4 is 28.0 Å². The minimum atomic E-state index is -0.190. The van der Waals surface area contributed by atoms with Crippen LogP contribution in [0.1, 0.15) is 33.1 Å². The summed E-state index contributed by atoms with van der Waals surface area (Å²) in [5.41, 5.74) is 5.39. The fourth-order valence-electron chi connectivity index (χ4n) is 3.68. The molecule has 8 heteroatoms. The van der Waals surface area contributed by atoms with Gasteiger partial charge in [0.15, 0.2) is 0 Å². The number of hydrogen-bond acceptors (Lipinski definition) is 6. The SMILES string of the molecule is Cc1cnc(CNC(=O)c2ccc3nnc4nc(C)n(Cc5ccccc5)c4c3c2)cn1. The van der Waals surface area contributed by atoms with Crippen LogP contribution >= 0.6 is 0 Å². The zero-order valence-corrected chi connectivity index (χ0v) is 17.8. The largest absolute Gasteiger partial charge is 0.346 e. The van der Waals surface area contributed by atoms with Crippen LogP contribution in [0.25, 0.3) is 22.1 Å². The molecule has 0 unspecified atom stereocenters. The van der Waals surface area contributed by atoms with E-state index in [-0.39, 0.29) is 5.91 Å². The van der Waals surface area contributed by atoms with Gasteiger partial charge in [-0.2, -0.15) is 0 Å². The van der Waals surface area contributed by atoms with Gasteiger partial charge in [-0.3, -0.25) is 14.8 Å². The minimum Gasteiger partial charge on any atom is -0.346 e. The molecule has 32 heavy (non-hydrogen) atoms. The third kappa shape index (κ3) is 3.78. The average molecular weight is 423 g/mol. The second-order valence-electron chi connectivity index (χ2n) is 7.67. The number of imidazole rings is 1. The summed E-state index contributed by atoms with van der Waals surface area (Å²) < 4.78 is 2.12. The van der Waals surface area contributed by atoms with Crippen LogP contribution in [0.4, 0.5) is 0 Å². The van der Waals surface area contributed by atoms with Crippen molar-refractivity contribution in [3.8, 4) is 0 Å². The summed E-state index contributed by atoms with van der Waals surface area (Å²) >= 11 is 0. The number of rotatable bonds is 5. The lowest BCUT2D eigenvalue weighted by Crippen LogP contribution is -2.23. The molecule has 0 radical (unpaired) electrons. The number of carbonyl (C=O) groups is 1. The molecule has 0 atom stereocenters. The first-order valence-electron chi connectivity index (χ1n) is 10.3. The highest BCUT2D eigenvalue weighted by Crippen LogP contribution is 2.25. The summed E-state index contributed by atoms with van der Waals surface area (Å²) in [7, 11) is 0. The lowest BCUT2D eigenvalue weighted by atomic mass is 10.1. The smallest absolute Gasteiger partial charge is 0.251 e. The number of benzene rings is 2. The van der Waals surface area contributed by atoms with Gasteiger partial charge in [-0.15, -0.1) is 10.2 Å². The van der Waals surface area contributed by atoms with E-state index >= 15 is 0 Å². The summed E-state index contributed by atoms with van der Waals surface area (Å²) in [5.74, 6) is 0.656. The number of nitrogens with one attached hydrogen (secondary N) is 1. The molecule has 5 rings (SSSR count). The van der Waals surface area contributed by atoms with Gasteiger partial charge in [0.05, 0.1) is 35.2 Å². The molecule has 0 saturated heterocycles. The number of carbonyl (C=O) groups excluding carboxylic acids is 1. The first kappa shape index (κ1) is 19.7. The van der Waals surface area contributed by atoms with Crippen molar-refractivity contribution in [1.29, 1.82) is 0 Å². The Bertz CT molecular complexity index is 1430. The van der Waals surface area contributed by atoms with E-state index in [1.54, 1.807) is 18.5 Å². The Labute approximate surface area is 184 Å². The quantitative estimate of drug-likeness (QED) is 0.465. The maximum absolute atomic E-state index is 12.8. The summed E-state index contributed by atoms with van der Waals surface area (Å²) in [5, 5.41) is 12.3. The lowest BCUT2D eigenvalue weighted by molar-refractivity contribution is 0.0950. The second-order valence-corrected chi connectivity index (χ2v) is 7.67. The van der Waals surface area contributed by atoms with Crippen LogP contribution in [-0.4, -0.2) is 35.6 Å². The van der Waals surface area contributed by atoms with Gasteiger partial charge in [0.25, 0.3) is 5.91 Å². The Morgan fingerprint density at radius 2 is 1.84 bits per heavy atom. The molecule has 0 fully saturated rings. The van der Waals surface area contributed by atoms with Crippen LogP contribution in [-0.2, 0) is 13.1 Å². The van der Waals surface area contributed by atoms with Gasteiger partial charge in [-0.1, -0.05) is 30.3 Å². The number of fused-ring (bicyclic) bond motifs is 3. The van der Waals surface area contributed by atoms with Gasteiger partial charge in [-0.05, 0) is 37.6 Å². The standard InChI is InChI=1S/C24H21N7O/c1-15-11-26-19(12-25-15)13-27-24(32)18-8-9-21-20(10-18)22-23(30-29-21)28-16(2)31(22)14-17-6-4-3-5-7-17/h3-12H,13-14H2,1-2H3,(H,27,32). The fraction of sp³-hybridized carbons (Fsp3) is 0.167. The van der Waals surface area contributed by atoms with E-state index in [2.05, 4.69) is 47.2 Å². The van der Waals surface area contributed by atoms with Crippen LogP contribution in [0, 0.1) is 13.8 Å². The monoisotopic (exact) mass is 423 g/mol. The summed E-state index contributed by atoms with van der Waals surface area (Å²) in [6, 6.07) is 15.6. The van der Waals surface area contributed by atoms with Crippen LogP contribution in [0.5, 0.6) is 0 Å². The third-order valence-electron chi connectivity index (χ3n) is 5.35. The van der Waals surface area contributed by atoms with Crippen LogP contribution in [0.2, 0.25) is 0 Å². The molecular weight excluding hydrogens is 402 g/mol. The predicted octanol–water partition coefficient (Wildman–Crippen LogP) is 3.36. The Balaban J connectivity index is 1.51. The maximum atomic E-state index is 12.8. The van der Waals surface area contributed by atoms with Crippen molar-refractivity contribution in [2.45, 2.75) is 26.9 Å². The lowest BCUT2D eigenvalue weighted by Gasteiger charge is -2.10.